The molecule has 55 heavy (non-hydrogen) atoms. The summed E-state index contributed by atoms with van der Waals surface area (Å²) in [7, 11) is 3.09. The van der Waals surface area contributed by atoms with Crippen LogP contribution in [0.5, 0.6) is 0 Å². The first-order chi connectivity index (χ1) is 26.1. The van der Waals surface area contributed by atoms with Crippen LogP contribution in [0.3, 0.4) is 0 Å². The van der Waals surface area contributed by atoms with Crippen molar-refractivity contribution in [3.63, 3.8) is 0 Å². The number of unbranched alkanes of at least 4 members (excludes halogenated alkanes) is 1. The summed E-state index contributed by atoms with van der Waals surface area (Å²) in [5, 5.41) is 5.68. The summed E-state index contributed by atoms with van der Waals surface area (Å²) in [5.41, 5.74) is 0.266. The number of benzene rings is 2. The highest BCUT2D eigenvalue weighted by molar-refractivity contribution is 5.97. The minimum atomic E-state index is -1.34. The molecule has 2 saturated heterocycles. The number of hydrogen-bond acceptors (Lipinski definition) is 7. The van der Waals surface area contributed by atoms with Crippen LogP contribution in [0.25, 0.3) is 0 Å². The molecule has 2 fully saturated rings. The molecule has 12 heteroatoms. The fourth-order valence-electron chi connectivity index (χ4n) is 7.26. The van der Waals surface area contributed by atoms with E-state index >= 15 is 0 Å². The maximum atomic E-state index is 14.7. The summed E-state index contributed by atoms with van der Waals surface area (Å²) in [6, 6.07) is 13.4. The Morgan fingerprint density at radius 1 is 0.836 bits per heavy atom. The lowest BCUT2D eigenvalue weighted by Gasteiger charge is -2.38. The Kier molecular flexibility index (Phi) is 14.6. The van der Waals surface area contributed by atoms with Crippen molar-refractivity contribution in [3.8, 4) is 12.3 Å². The molecule has 296 valence electrons. The van der Waals surface area contributed by atoms with E-state index in [1.54, 1.807) is 34.7 Å². The molecule has 2 N–H and O–H groups in total. The molecule has 0 aliphatic carbocycles. The summed E-state index contributed by atoms with van der Waals surface area (Å²) < 4.78 is 6.00. The van der Waals surface area contributed by atoms with Crippen molar-refractivity contribution in [1.82, 2.24) is 25.3 Å². The number of cyclic esters (lactones) is 1. The molecule has 2 aliphatic heterocycles. The average Bonchev–Trinajstić information content (AvgIpc) is 3.66. The molecule has 2 aromatic carbocycles. The normalized spacial score (nSPS) is 26.0. The Morgan fingerprint density at radius 3 is 1.96 bits per heavy atom. The number of nitrogens with one attached hydrogen (secondary N) is 2. The number of esters is 1. The van der Waals surface area contributed by atoms with Crippen LogP contribution < -0.4 is 10.6 Å². The van der Waals surface area contributed by atoms with Crippen molar-refractivity contribution in [2.75, 3.05) is 20.6 Å². The number of carbonyl (C=O) groups is 6. The van der Waals surface area contributed by atoms with E-state index in [4.69, 9.17) is 11.2 Å². The van der Waals surface area contributed by atoms with Crippen LogP contribution in [0.15, 0.2) is 60.7 Å². The van der Waals surface area contributed by atoms with Gasteiger partial charge in [-0.15, -0.1) is 12.3 Å². The second-order valence-electron chi connectivity index (χ2n) is 15.7. The van der Waals surface area contributed by atoms with Gasteiger partial charge in [0, 0.05) is 39.9 Å². The van der Waals surface area contributed by atoms with E-state index in [0.29, 0.717) is 25.7 Å². The molecule has 0 bridgehead atoms. The third kappa shape index (κ3) is 10.3. The van der Waals surface area contributed by atoms with Crippen molar-refractivity contribution in [2.45, 2.75) is 116 Å². The number of rotatable bonds is 8. The largest absolute Gasteiger partial charge is 0.460 e. The zero-order chi connectivity index (χ0) is 40.4. The lowest BCUT2D eigenvalue weighted by atomic mass is 9.82. The van der Waals surface area contributed by atoms with E-state index in [1.807, 2.05) is 60.7 Å². The number of terminal acetylenes is 1. The van der Waals surface area contributed by atoms with Gasteiger partial charge in [0.2, 0.25) is 29.5 Å². The molecular weight excluding hydrogens is 699 g/mol. The monoisotopic (exact) mass is 755 g/mol. The second kappa shape index (κ2) is 18.9. The van der Waals surface area contributed by atoms with Gasteiger partial charge in [-0.25, -0.2) is 4.79 Å². The standard InChI is InChI=1S/C43H57N5O7/c1-9-10-13-24-35-43(5,6)42(54)45-36(28(2)3)40(52)47(8)34(27-31-21-16-12-17-22-31)39(51)48-25-18-23-32(48)38(50)46(7)33(26-30-19-14-11-15-20-30)37(49)44-29(4)41(53)55-35/h1,11-12,14-17,19-22,28-29,32-36H,10,13,18,23-27H2,2-8H3,(H,44,49)(H,45,54)/t29?,32-,33-,34-,35-,36-/m0/s1. The highest BCUT2D eigenvalue weighted by Crippen LogP contribution is 2.30. The Bertz CT molecular complexity index is 1720. The van der Waals surface area contributed by atoms with Crippen LogP contribution in [0.1, 0.15) is 77.8 Å². The smallest absolute Gasteiger partial charge is 0.328 e. The van der Waals surface area contributed by atoms with Crippen LogP contribution in [0, 0.1) is 23.7 Å². The number of ether oxygens (including phenoxy) is 1. The zero-order valence-corrected chi connectivity index (χ0v) is 33.2. The molecule has 6 atom stereocenters. The SMILES string of the molecule is C#CCCC[C@@H]1OC(=O)C(C)NC(=O)[C@H](Cc2ccccc2)N(C)C(=O)[C@@H]2CCCN2C(=O)[C@H](Cc2ccccc2)N(C)C(=O)[C@H](C(C)C)NC(=O)C1(C)C. The summed E-state index contributed by atoms with van der Waals surface area (Å²) >= 11 is 0. The van der Waals surface area contributed by atoms with E-state index in [9.17, 15) is 28.8 Å². The number of nitrogens with zero attached hydrogens (tertiary/aromatic N) is 3. The lowest BCUT2D eigenvalue weighted by Crippen LogP contribution is -2.60. The summed E-state index contributed by atoms with van der Waals surface area (Å²) in [6.45, 7) is 8.66. The number of hydrogen-bond donors (Lipinski definition) is 2. The molecule has 1 unspecified atom stereocenters. The van der Waals surface area contributed by atoms with E-state index in [1.165, 1.54) is 28.7 Å². The van der Waals surface area contributed by atoms with Crippen molar-refractivity contribution in [2.24, 2.45) is 11.3 Å². The first-order valence-corrected chi connectivity index (χ1v) is 19.2. The highest BCUT2D eigenvalue weighted by atomic mass is 16.5. The first-order valence-electron chi connectivity index (χ1n) is 19.2. The van der Waals surface area contributed by atoms with Crippen LogP contribution in [0.2, 0.25) is 0 Å². The maximum absolute atomic E-state index is 14.7. The molecule has 2 aliphatic rings. The molecular formula is C43H57N5O7. The molecule has 0 saturated carbocycles. The van der Waals surface area contributed by atoms with Gasteiger partial charge in [0.25, 0.3) is 0 Å². The molecule has 0 aromatic heterocycles. The van der Waals surface area contributed by atoms with Gasteiger partial charge in [0.15, 0.2) is 0 Å². The molecule has 4 rings (SSSR count). The Hall–Kier alpha value is -5.18. The maximum Gasteiger partial charge on any atom is 0.328 e. The minimum absolute atomic E-state index is 0.143. The van der Waals surface area contributed by atoms with Gasteiger partial charge in [-0.2, -0.15) is 0 Å². The van der Waals surface area contributed by atoms with E-state index < -0.39 is 77.2 Å². The molecule has 0 spiro atoms. The van der Waals surface area contributed by atoms with E-state index in [0.717, 1.165) is 11.1 Å². The van der Waals surface area contributed by atoms with Crippen LogP contribution in [-0.2, 0) is 46.3 Å². The van der Waals surface area contributed by atoms with Gasteiger partial charge in [0.1, 0.15) is 36.3 Å². The molecule has 2 aromatic rings. The van der Waals surface area contributed by atoms with Gasteiger partial charge in [-0.05, 0) is 63.5 Å². The second-order valence-corrected chi connectivity index (χ2v) is 15.7. The molecule has 2 heterocycles. The van der Waals surface area contributed by atoms with Crippen LogP contribution in [-0.4, -0.2) is 107 Å². The molecule has 0 radical (unpaired) electrons. The van der Waals surface area contributed by atoms with Gasteiger partial charge < -0.3 is 30.1 Å². The van der Waals surface area contributed by atoms with Gasteiger partial charge in [0.05, 0.1) is 5.41 Å². The van der Waals surface area contributed by atoms with Crippen LogP contribution in [0.4, 0.5) is 0 Å². The quantitative estimate of drug-likeness (QED) is 0.238. The molecule has 12 nitrogen and oxygen atoms in total. The van der Waals surface area contributed by atoms with Gasteiger partial charge in [-0.3, -0.25) is 24.0 Å². The van der Waals surface area contributed by atoms with E-state index in [2.05, 4.69) is 16.6 Å². The minimum Gasteiger partial charge on any atom is -0.460 e. The van der Waals surface area contributed by atoms with Crippen molar-refractivity contribution in [3.05, 3.63) is 71.8 Å². The molecule has 5 amide bonds. The lowest BCUT2D eigenvalue weighted by molar-refractivity contribution is -0.163. The predicted octanol–water partition coefficient (Wildman–Crippen LogP) is 3.52. The number of fused-ring (bicyclic) bond motifs is 1. The Labute approximate surface area is 325 Å². The zero-order valence-electron chi connectivity index (χ0n) is 33.2. The van der Waals surface area contributed by atoms with Crippen molar-refractivity contribution in [1.29, 1.82) is 0 Å². The van der Waals surface area contributed by atoms with Crippen LogP contribution >= 0.6 is 0 Å². The summed E-state index contributed by atoms with van der Waals surface area (Å²) in [6.07, 6.45) is 6.86. The third-order valence-corrected chi connectivity index (χ3v) is 11.0. The highest BCUT2D eigenvalue weighted by Gasteiger charge is 2.46. The fourth-order valence-corrected chi connectivity index (χ4v) is 7.26. The summed E-state index contributed by atoms with van der Waals surface area (Å²) in [4.78, 5) is 89.9. The van der Waals surface area contributed by atoms with Gasteiger partial charge in [-0.1, -0.05) is 74.5 Å². The average molecular weight is 756 g/mol. The number of likely N-dealkylation sites (N-methyl/N-ethyl adjacent to an activating group) is 2. The third-order valence-electron chi connectivity index (χ3n) is 11.0. The Balaban J connectivity index is 1.83. The fraction of sp³-hybridized carbons (Fsp3) is 0.535. The Morgan fingerprint density at radius 2 is 1.40 bits per heavy atom. The summed E-state index contributed by atoms with van der Waals surface area (Å²) in [5.74, 6) is -0.978. The van der Waals surface area contributed by atoms with Crippen molar-refractivity contribution < 1.29 is 33.5 Å². The van der Waals surface area contributed by atoms with Crippen molar-refractivity contribution >= 4 is 35.5 Å². The van der Waals surface area contributed by atoms with Gasteiger partial charge >= 0.3 is 5.97 Å². The number of carbonyl (C=O) groups excluding carboxylic acids is 6. The topological polar surface area (TPSA) is 145 Å². The van der Waals surface area contributed by atoms with E-state index in [-0.39, 0.29) is 31.7 Å². The predicted molar refractivity (Wildman–Crippen MR) is 209 cm³/mol. The number of amides is 5. The first kappa shape index (κ1) is 42.6.